The second-order valence-electron chi connectivity index (χ2n) is 7.21. The summed E-state index contributed by atoms with van der Waals surface area (Å²) in [6.07, 6.45) is 0.996. The molecule has 0 aromatic heterocycles. The Morgan fingerprint density at radius 1 is 1.11 bits per heavy atom. The van der Waals surface area contributed by atoms with Crippen LogP contribution in [0.15, 0.2) is 11.3 Å². The molecule has 0 bridgehead atoms. The van der Waals surface area contributed by atoms with Crippen LogP contribution in [0.3, 0.4) is 0 Å². The van der Waals surface area contributed by atoms with Crippen molar-refractivity contribution in [3.8, 4) is 0 Å². The molecule has 3 nitrogen and oxygen atoms in total. The molecule has 1 N–H and O–H groups in total. The van der Waals surface area contributed by atoms with Gasteiger partial charge in [0.05, 0.1) is 0 Å². The van der Waals surface area contributed by atoms with E-state index in [9.17, 15) is 4.79 Å². The molecule has 0 fully saturated rings. The van der Waals surface area contributed by atoms with Gasteiger partial charge in [-0.15, -0.1) is 0 Å². The normalized spacial score (nSPS) is 18.2. The minimum Gasteiger partial charge on any atom is -0.320 e. The van der Waals surface area contributed by atoms with E-state index in [1.54, 1.807) is 0 Å². The number of amides is 2. The first-order valence-electron chi connectivity index (χ1n) is 6.87. The van der Waals surface area contributed by atoms with Crippen molar-refractivity contribution < 1.29 is 4.79 Å². The fraction of sp³-hybridized carbons (Fsp3) is 0.800. The Kier molecular flexibility index (Phi) is 4.14. The topological polar surface area (TPSA) is 32.3 Å². The molecular formula is C15H28N2O. The molecule has 3 heteroatoms. The highest BCUT2D eigenvalue weighted by Crippen LogP contribution is 2.37. The fourth-order valence-electron chi connectivity index (χ4n) is 2.31. The SMILES string of the molecule is CCCN1CC(C(C)(C)C)=C(C(C)(C)C)NC1=O. The number of nitrogens with zero attached hydrogens (tertiary/aromatic N) is 1. The van der Waals surface area contributed by atoms with Crippen LogP contribution in [0.2, 0.25) is 0 Å². The molecule has 0 saturated heterocycles. The van der Waals surface area contributed by atoms with E-state index < -0.39 is 0 Å². The van der Waals surface area contributed by atoms with Gasteiger partial charge in [0.25, 0.3) is 0 Å². The Hall–Kier alpha value is -0.990. The average molecular weight is 252 g/mol. The molecule has 0 unspecified atom stereocenters. The number of carbonyl (C=O) groups excluding carboxylic acids is 1. The summed E-state index contributed by atoms with van der Waals surface area (Å²) in [5.41, 5.74) is 2.52. The summed E-state index contributed by atoms with van der Waals surface area (Å²) < 4.78 is 0. The Balaban J connectivity index is 3.18. The average Bonchev–Trinajstić information content (AvgIpc) is 2.17. The van der Waals surface area contributed by atoms with Crippen LogP contribution in [0.25, 0.3) is 0 Å². The zero-order chi connectivity index (χ0) is 14.1. The molecule has 0 saturated carbocycles. The number of rotatable bonds is 2. The molecule has 1 rings (SSSR count). The molecule has 18 heavy (non-hydrogen) atoms. The quantitative estimate of drug-likeness (QED) is 0.797. The van der Waals surface area contributed by atoms with Crippen LogP contribution in [0, 0.1) is 10.8 Å². The summed E-state index contributed by atoms with van der Waals surface area (Å²) in [4.78, 5) is 14.0. The highest BCUT2D eigenvalue weighted by molar-refractivity contribution is 5.78. The van der Waals surface area contributed by atoms with Crippen molar-refractivity contribution in [1.29, 1.82) is 0 Å². The maximum absolute atomic E-state index is 12.1. The summed E-state index contributed by atoms with van der Waals surface area (Å²) in [6.45, 7) is 16.8. The van der Waals surface area contributed by atoms with E-state index in [-0.39, 0.29) is 16.9 Å². The Labute approximate surface area is 112 Å². The van der Waals surface area contributed by atoms with Crippen LogP contribution in [0.1, 0.15) is 54.9 Å². The Morgan fingerprint density at radius 2 is 1.67 bits per heavy atom. The Bertz CT molecular complexity index is 356. The van der Waals surface area contributed by atoms with E-state index in [1.807, 2.05) is 4.90 Å². The van der Waals surface area contributed by atoms with E-state index in [2.05, 4.69) is 53.8 Å². The molecule has 1 aliphatic heterocycles. The maximum atomic E-state index is 12.1. The van der Waals surface area contributed by atoms with E-state index in [0.29, 0.717) is 0 Å². The van der Waals surface area contributed by atoms with Crippen molar-refractivity contribution >= 4 is 6.03 Å². The molecule has 2 amide bonds. The molecular weight excluding hydrogens is 224 g/mol. The van der Waals surface area contributed by atoms with E-state index in [1.165, 1.54) is 5.57 Å². The van der Waals surface area contributed by atoms with Crippen molar-refractivity contribution in [3.63, 3.8) is 0 Å². The standard InChI is InChI=1S/C15H28N2O/c1-8-9-17-10-11(14(2,3)4)12(15(5,6)7)16-13(17)18/h8-10H2,1-7H3,(H,16,18). The molecule has 0 aromatic rings. The van der Waals surface area contributed by atoms with Crippen molar-refractivity contribution in [1.82, 2.24) is 10.2 Å². The number of carbonyl (C=O) groups is 1. The minimum absolute atomic E-state index is 0.0173. The van der Waals surface area contributed by atoms with Gasteiger partial charge >= 0.3 is 6.03 Å². The van der Waals surface area contributed by atoms with Crippen LogP contribution < -0.4 is 5.32 Å². The van der Waals surface area contributed by atoms with Gasteiger partial charge in [-0.25, -0.2) is 4.79 Å². The summed E-state index contributed by atoms with van der Waals surface area (Å²) in [7, 11) is 0. The minimum atomic E-state index is -0.0173. The van der Waals surface area contributed by atoms with Gasteiger partial charge in [-0.1, -0.05) is 48.5 Å². The third-order valence-corrected chi connectivity index (χ3v) is 3.32. The summed E-state index contributed by atoms with van der Waals surface area (Å²) in [5, 5.41) is 3.11. The summed E-state index contributed by atoms with van der Waals surface area (Å²) in [5.74, 6) is 0. The van der Waals surface area contributed by atoms with E-state index in [0.717, 1.165) is 25.2 Å². The lowest BCUT2D eigenvalue weighted by atomic mass is 9.77. The molecule has 0 radical (unpaired) electrons. The predicted molar refractivity (Wildman–Crippen MR) is 76.3 cm³/mol. The lowest BCUT2D eigenvalue weighted by Crippen LogP contribution is -2.50. The van der Waals surface area contributed by atoms with Gasteiger partial charge in [0.2, 0.25) is 0 Å². The van der Waals surface area contributed by atoms with Gasteiger partial charge < -0.3 is 10.2 Å². The summed E-state index contributed by atoms with van der Waals surface area (Å²) in [6, 6.07) is 0.0507. The first kappa shape index (κ1) is 15.1. The fourth-order valence-corrected chi connectivity index (χ4v) is 2.31. The lowest BCUT2D eigenvalue weighted by molar-refractivity contribution is 0.190. The van der Waals surface area contributed by atoms with Gasteiger partial charge in [-0.3, -0.25) is 0 Å². The second-order valence-corrected chi connectivity index (χ2v) is 7.21. The number of hydrogen-bond acceptors (Lipinski definition) is 1. The van der Waals surface area contributed by atoms with Crippen LogP contribution in [0.4, 0.5) is 4.79 Å². The maximum Gasteiger partial charge on any atom is 0.321 e. The van der Waals surface area contributed by atoms with Crippen LogP contribution in [-0.4, -0.2) is 24.0 Å². The molecule has 0 atom stereocenters. The molecule has 0 aliphatic carbocycles. The molecule has 104 valence electrons. The molecule has 0 spiro atoms. The Morgan fingerprint density at radius 3 is 2.06 bits per heavy atom. The zero-order valence-electron chi connectivity index (χ0n) is 13.0. The van der Waals surface area contributed by atoms with Crippen LogP contribution in [-0.2, 0) is 0 Å². The van der Waals surface area contributed by atoms with Gasteiger partial charge in [0, 0.05) is 24.2 Å². The predicted octanol–water partition coefficient (Wildman–Crippen LogP) is 3.77. The van der Waals surface area contributed by atoms with Crippen LogP contribution >= 0.6 is 0 Å². The second kappa shape index (κ2) is 4.94. The number of hydrogen-bond donors (Lipinski definition) is 1. The van der Waals surface area contributed by atoms with Crippen molar-refractivity contribution in [3.05, 3.63) is 11.3 Å². The lowest BCUT2D eigenvalue weighted by Gasteiger charge is -2.41. The number of allylic oxidation sites excluding steroid dienone is 1. The molecule has 0 aromatic carbocycles. The van der Waals surface area contributed by atoms with Gasteiger partial charge in [-0.2, -0.15) is 0 Å². The van der Waals surface area contributed by atoms with E-state index in [4.69, 9.17) is 0 Å². The van der Waals surface area contributed by atoms with Crippen LogP contribution in [0.5, 0.6) is 0 Å². The number of urea groups is 1. The van der Waals surface area contributed by atoms with Crippen molar-refractivity contribution in [2.45, 2.75) is 54.9 Å². The van der Waals surface area contributed by atoms with Gasteiger partial charge in [-0.05, 0) is 17.4 Å². The zero-order valence-corrected chi connectivity index (χ0v) is 13.0. The monoisotopic (exact) mass is 252 g/mol. The highest BCUT2D eigenvalue weighted by atomic mass is 16.2. The summed E-state index contributed by atoms with van der Waals surface area (Å²) >= 11 is 0. The van der Waals surface area contributed by atoms with Gasteiger partial charge in [0.15, 0.2) is 0 Å². The highest BCUT2D eigenvalue weighted by Gasteiger charge is 2.35. The number of nitrogens with one attached hydrogen (secondary N) is 1. The first-order chi connectivity index (χ1) is 8.07. The van der Waals surface area contributed by atoms with E-state index >= 15 is 0 Å². The third kappa shape index (κ3) is 3.27. The van der Waals surface area contributed by atoms with Gasteiger partial charge in [0.1, 0.15) is 0 Å². The smallest absolute Gasteiger partial charge is 0.320 e. The molecule has 1 heterocycles. The largest absolute Gasteiger partial charge is 0.321 e. The van der Waals surface area contributed by atoms with Crippen molar-refractivity contribution in [2.24, 2.45) is 10.8 Å². The third-order valence-electron chi connectivity index (χ3n) is 3.32. The van der Waals surface area contributed by atoms with Crippen molar-refractivity contribution in [2.75, 3.05) is 13.1 Å². The first-order valence-corrected chi connectivity index (χ1v) is 6.87. The molecule has 1 aliphatic rings.